The minimum atomic E-state index is -0.0550. The van der Waals surface area contributed by atoms with Crippen LogP contribution in [0.1, 0.15) is 39.5 Å². The van der Waals surface area contributed by atoms with Gasteiger partial charge >= 0.3 is 6.03 Å². The minimum Gasteiger partial charge on any atom is -0.381 e. The molecule has 3 aliphatic rings. The van der Waals surface area contributed by atoms with Crippen LogP contribution in [0, 0.1) is 17.3 Å². The van der Waals surface area contributed by atoms with Gasteiger partial charge in [-0.05, 0) is 31.6 Å². The van der Waals surface area contributed by atoms with Crippen molar-refractivity contribution in [2.45, 2.75) is 51.7 Å². The van der Waals surface area contributed by atoms with E-state index in [9.17, 15) is 4.79 Å². The number of carbonyl (C=O) groups is 1. The summed E-state index contributed by atoms with van der Waals surface area (Å²) in [7, 11) is 0. The van der Waals surface area contributed by atoms with Crippen LogP contribution >= 0.6 is 0 Å². The molecule has 21 heavy (non-hydrogen) atoms. The van der Waals surface area contributed by atoms with Crippen LogP contribution in [-0.2, 0) is 9.47 Å². The summed E-state index contributed by atoms with van der Waals surface area (Å²) < 4.78 is 11.3. The Hall–Kier alpha value is -0.810. The standard InChI is InChI=1S/C16H28N2O3/c1-16(2)13(12-6-9-21-14(12)16)18-15(19)17-7-3-8-20-10-11-4-5-11/h11-14H,3-10H2,1-2H3,(H2,17,18,19)/t12-,13-,14-/m1/s1. The zero-order valence-electron chi connectivity index (χ0n) is 13.2. The Bertz CT molecular complexity index is 382. The average molecular weight is 296 g/mol. The molecule has 0 aromatic heterocycles. The molecule has 3 rings (SSSR count). The van der Waals surface area contributed by atoms with E-state index in [-0.39, 0.29) is 17.5 Å². The van der Waals surface area contributed by atoms with E-state index in [2.05, 4.69) is 24.5 Å². The number of urea groups is 1. The number of nitrogens with one attached hydrogen (secondary N) is 2. The van der Waals surface area contributed by atoms with Crippen LogP contribution in [0.15, 0.2) is 0 Å². The normalized spacial score (nSPS) is 33.1. The number of carbonyl (C=O) groups excluding carboxylic acids is 1. The molecule has 5 heteroatoms. The molecule has 0 spiro atoms. The molecule has 120 valence electrons. The molecule has 2 amide bonds. The van der Waals surface area contributed by atoms with Crippen LogP contribution < -0.4 is 10.6 Å². The monoisotopic (exact) mass is 296 g/mol. The summed E-state index contributed by atoms with van der Waals surface area (Å²) in [6, 6.07) is 0.178. The third-order valence-electron chi connectivity index (χ3n) is 5.19. The molecule has 2 N–H and O–H groups in total. The number of hydrogen-bond acceptors (Lipinski definition) is 3. The molecular weight excluding hydrogens is 268 g/mol. The number of hydrogen-bond donors (Lipinski definition) is 2. The highest BCUT2D eigenvalue weighted by Gasteiger charge is 2.59. The number of ether oxygens (including phenoxy) is 2. The summed E-state index contributed by atoms with van der Waals surface area (Å²) in [6.07, 6.45) is 4.91. The van der Waals surface area contributed by atoms with E-state index in [0.29, 0.717) is 18.6 Å². The van der Waals surface area contributed by atoms with Gasteiger partial charge in [0.1, 0.15) is 0 Å². The van der Waals surface area contributed by atoms with Crippen LogP contribution in [0.5, 0.6) is 0 Å². The molecule has 0 bridgehead atoms. The highest BCUT2D eigenvalue weighted by molar-refractivity contribution is 5.74. The van der Waals surface area contributed by atoms with Gasteiger partial charge < -0.3 is 20.1 Å². The van der Waals surface area contributed by atoms with E-state index < -0.39 is 0 Å². The first-order valence-electron chi connectivity index (χ1n) is 8.33. The second-order valence-corrected chi connectivity index (χ2v) is 7.32. The van der Waals surface area contributed by atoms with Crippen molar-refractivity contribution in [3.63, 3.8) is 0 Å². The minimum absolute atomic E-state index is 0.0475. The predicted molar refractivity (Wildman–Crippen MR) is 80.1 cm³/mol. The van der Waals surface area contributed by atoms with Crippen LogP contribution in [0.3, 0.4) is 0 Å². The zero-order valence-corrected chi connectivity index (χ0v) is 13.2. The van der Waals surface area contributed by atoms with Crippen molar-refractivity contribution < 1.29 is 14.3 Å². The lowest BCUT2D eigenvalue weighted by molar-refractivity contribution is -0.108. The summed E-state index contributed by atoms with van der Waals surface area (Å²) >= 11 is 0. The average Bonchev–Trinajstić information content (AvgIpc) is 3.15. The topological polar surface area (TPSA) is 59.6 Å². The molecule has 0 unspecified atom stereocenters. The van der Waals surface area contributed by atoms with E-state index in [1.807, 2.05) is 0 Å². The van der Waals surface area contributed by atoms with Gasteiger partial charge in [0.2, 0.25) is 0 Å². The van der Waals surface area contributed by atoms with Gasteiger partial charge in [0.15, 0.2) is 0 Å². The van der Waals surface area contributed by atoms with E-state index in [1.165, 1.54) is 12.8 Å². The van der Waals surface area contributed by atoms with Crippen LogP contribution in [-0.4, -0.2) is 44.5 Å². The first-order valence-corrected chi connectivity index (χ1v) is 8.33. The van der Waals surface area contributed by atoms with E-state index >= 15 is 0 Å². The van der Waals surface area contributed by atoms with Gasteiger partial charge in [-0.15, -0.1) is 0 Å². The third-order valence-corrected chi connectivity index (χ3v) is 5.19. The maximum absolute atomic E-state index is 12.0. The Morgan fingerprint density at radius 1 is 1.33 bits per heavy atom. The first kappa shape index (κ1) is 15.1. The van der Waals surface area contributed by atoms with Gasteiger partial charge in [-0.1, -0.05) is 13.8 Å². The Kier molecular flexibility index (Phi) is 4.41. The lowest BCUT2D eigenvalue weighted by Gasteiger charge is -2.54. The van der Waals surface area contributed by atoms with Crippen molar-refractivity contribution in [1.29, 1.82) is 0 Å². The molecule has 1 saturated heterocycles. The van der Waals surface area contributed by atoms with Gasteiger partial charge in [-0.25, -0.2) is 4.79 Å². The van der Waals surface area contributed by atoms with E-state index in [4.69, 9.17) is 9.47 Å². The fourth-order valence-electron chi connectivity index (χ4n) is 3.72. The molecule has 0 aromatic rings. The molecule has 1 heterocycles. The predicted octanol–water partition coefficient (Wildman–Crippen LogP) is 1.92. The maximum Gasteiger partial charge on any atom is 0.315 e. The van der Waals surface area contributed by atoms with Crippen LogP contribution in [0.25, 0.3) is 0 Å². The zero-order chi connectivity index (χ0) is 14.9. The molecule has 2 saturated carbocycles. The fourth-order valence-corrected chi connectivity index (χ4v) is 3.72. The van der Waals surface area contributed by atoms with Crippen molar-refractivity contribution in [2.75, 3.05) is 26.4 Å². The third kappa shape index (κ3) is 3.34. The van der Waals surface area contributed by atoms with Crippen molar-refractivity contribution in [3.8, 4) is 0 Å². The summed E-state index contributed by atoms with van der Waals surface area (Å²) in [4.78, 5) is 12.0. The molecule has 1 aliphatic heterocycles. The van der Waals surface area contributed by atoms with Gasteiger partial charge in [0.25, 0.3) is 0 Å². The van der Waals surface area contributed by atoms with Gasteiger partial charge in [0.05, 0.1) is 6.10 Å². The van der Waals surface area contributed by atoms with Gasteiger partial charge in [-0.2, -0.15) is 0 Å². The quantitative estimate of drug-likeness (QED) is 0.706. The van der Waals surface area contributed by atoms with Crippen molar-refractivity contribution in [3.05, 3.63) is 0 Å². The largest absolute Gasteiger partial charge is 0.381 e. The molecule has 0 aromatic carbocycles. The Morgan fingerprint density at radius 2 is 2.14 bits per heavy atom. The summed E-state index contributed by atoms with van der Waals surface area (Å²) in [5, 5.41) is 6.06. The molecule has 3 atom stereocenters. The summed E-state index contributed by atoms with van der Waals surface area (Å²) in [6.45, 7) is 7.49. The highest BCUT2D eigenvalue weighted by atomic mass is 16.5. The van der Waals surface area contributed by atoms with Gasteiger partial charge in [-0.3, -0.25) is 0 Å². The highest BCUT2D eigenvalue weighted by Crippen LogP contribution is 2.51. The number of fused-ring (bicyclic) bond motifs is 1. The molecular formula is C16H28N2O3. The first-order chi connectivity index (χ1) is 10.1. The Morgan fingerprint density at radius 3 is 2.90 bits per heavy atom. The Balaban J connectivity index is 1.29. The smallest absolute Gasteiger partial charge is 0.315 e. The molecule has 3 fully saturated rings. The molecule has 5 nitrogen and oxygen atoms in total. The maximum atomic E-state index is 12.0. The number of amides is 2. The summed E-state index contributed by atoms with van der Waals surface area (Å²) in [5.41, 5.74) is 0.0475. The molecule has 2 aliphatic carbocycles. The lowest BCUT2D eigenvalue weighted by atomic mass is 9.57. The Labute approximate surface area is 127 Å². The SMILES string of the molecule is CC1(C)[C@H](NC(=O)NCCCOCC2CC2)[C@H]2CCO[C@H]21. The fraction of sp³-hybridized carbons (Fsp3) is 0.938. The van der Waals surface area contributed by atoms with Crippen LogP contribution in [0.4, 0.5) is 4.79 Å². The van der Waals surface area contributed by atoms with Crippen molar-refractivity contribution in [1.82, 2.24) is 10.6 Å². The van der Waals surface area contributed by atoms with E-state index in [0.717, 1.165) is 38.6 Å². The second-order valence-electron chi connectivity index (χ2n) is 7.32. The van der Waals surface area contributed by atoms with Crippen molar-refractivity contribution in [2.24, 2.45) is 17.3 Å². The van der Waals surface area contributed by atoms with Crippen molar-refractivity contribution >= 4 is 6.03 Å². The molecule has 0 radical (unpaired) electrons. The van der Waals surface area contributed by atoms with Gasteiger partial charge in [0, 0.05) is 43.7 Å². The summed E-state index contributed by atoms with van der Waals surface area (Å²) in [5.74, 6) is 1.30. The van der Waals surface area contributed by atoms with Crippen LogP contribution in [0.2, 0.25) is 0 Å². The number of rotatable bonds is 7. The second kappa shape index (κ2) is 6.13. The van der Waals surface area contributed by atoms with E-state index in [1.54, 1.807) is 0 Å². The lowest BCUT2D eigenvalue weighted by Crippen LogP contribution is -2.67.